The molecule has 0 unspecified atom stereocenters. The Kier molecular flexibility index (Phi) is 4.64. The predicted molar refractivity (Wildman–Crippen MR) is 81.5 cm³/mol. The maximum Gasteiger partial charge on any atom is 0.257 e. The molecule has 2 N–H and O–H groups in total. The average Bonchev–Trinajstić information content (AvgIpc) is 2.44. The third-order valence-corrected chi connectivity index (χ3v) is 3.31. The first-order chi connectivity index (χ1) is 9.61. The molecule has 0 saturated carbocycles. The van der Waals surface area contributed by atoms with Crippen molar-refractivity contribution < 1.29 is 9.90 Å². The molecule has 4 heteroatoms. The van der Waals surface area contributed by atoms with Gasteiger partial charge in [0.1, 0.15) is 5.75 Å². The summed E-state index contributed by atoms with van der Waals surface area (Å²) in [6.45, 7) is 2.09. The van der Waals surface area contributed by atoms with Crippen molar-refractivity contribution in [3.63, 3.8) is 0 Å². The van der Waals surface area contributed by atoms with Crippen molar-refractivity contribution in [3.8, 4) is 5.75 Å². The Labute approximate surface area is 123 Å². The van der Waals surface area contributed by atoms with Gasteiger partial charge in [-0.1, -0.05) is 43.1 Å². The number of carbonyl (C=O) groups excluding carboxylic acids is 1. The number of amides is 1. The van der Waals surface area contributed by atoms with Gasteiger partial charge >= 0.3 is 0 Å². The fraction of sp³-hybridized carbons (Fsp3) is 0.188. The molecule has 0 bridgehead atoms. The van der Waals surface area contributed by atoms with Crippen LogP contribution in [0.3, 0.4) is 0 Å². The van der Waals surface area contributed by atoms with Crippen LogP contribution in [0.2, 0.25) is 5.02 Å². The number of aromatic hydroxyl groups is 1. The van der Waals surface area contributed by atoms with Crippen LogP contribution in [-0.4, -0.2) is 11.0 Å². The van der Waals surface area contributed by atoms with Crippen molar-refractivity contribution in [2.24, 2.45) is 0 Å². The minimum Gasteiger partial charge on any atom is -0.508 e. The lowest BCUT2D eigenvalue weighted by Crippen LogP contribution is -2.13. The average molecular weight is 290 g/mol. The van der Waals surface area contributed by atoms with E-state index in [0.717, 1.165) is 24.1 Å². The Morgan fingerprint density at radius 3 is 2.75 bits per heavy atom. The molecule has 0 spiro atoms. The number of rotatable bonds is 4. The number of phenols is 1. The van der Waals surface area contributed by atoms with Gasteiger partial charge < -0.3 is 10.4 Å². The molecule has 0 heterocycles. The van der Waals surface area contributed by atoms with E-state index >= 15 is 0 Å². The van der Waals surface area contributed by atoms with E-state index in [-0.39, 0.29) is 17.2 Å². The van der Waals surface area contributed by atoms with Gasteiger partial charge in [0.15, 0.2) is 0 Å². The molecule has 0 aliphatic rings. The van der Waals surface area contributed by atoms with Gasteiger partial charge in [-0.05, 0) is 36.2 Å². The van der Waals surface area contributed by atoms with E-state index in [9.17, 15) is 9.90 Å². The summed E-state index contributed by atoms with van der Waals surface area (Å²) in [6, 6.07) is 12.0. The van der Waals surface area contributed by atoms with Crippen molar-refractivity contribution in [2.75, 3.05) is 5.32 Å². The summed E-state index contributed by atoms with van der Waals surface area (Å²) in [5.74, 6) is -0.309. The van der Waals surface area contributed by atoms with Crippen molar-refractivity contribution in [1.82, 2.24) is 0 Å². The Bertz CT molecular complexity index is 626. The summed E-state index contributed by atoms with van der Waals surface area (Å²) in [7, 11) is 0. The largest absolute Gasteiger partial charge is 0.508 e. The van der Waals surface area contributed by atoms with Gasteiger partial charge in [0.05, 0.1) is 10.6 Å². The van der Waals surface area contributed by atoms with Crippen molar-refractivity contribution >= 4 is 23.2 Å². The van der Waals surface area contributed by atoms with Gasteiger partial charge in [-0.3, -0.25) is 4.79 Å². The van der Waals surface area contributed by atoms with Crippen molar-refractivity contribution in [2.45, 2.75) is 19.8 Å². The number of halogens is 1. The fourth-order valence-electron chi connectivity index (χ4n) is 2.01. The van der Waals surface area contributed by atoms with Crippen LogP contribution >= 0.6 is 11.6 Å². The zero-order chi connectivity index (χ0) is 14.5. The second-order valence-electron chi connectivity index (χ2n) is 4.53. The first-order valence-corrected chi connectivity index (χ1v) is 6.87. The molecule has 104 valence electrons. The van der Waals surface area contributed by atoms with Gasteiger partial charge in [-0.15, -0.1) is 0 Å². The highest BCUT2D eigenvalue weighted by Crippen LogP contribution is 2.23. The van der Waals surface area contributed by atoms with Gasteiger partial charge in [0, 0.05) is 5.69 Å². The SMILES string of the molecule is CCCc1ccccc1NC(=O)c1cc(O)ccc1Cl. The molecule has 2 aromatic carbocycles. The van der Waals surface area contributed by atoms with Crippen LogP contribution in [0.25, 0.3) is 0 Å². The first kappa shape index (κ1) is 14.4. The van der Waals surface area contributed by atoms with Crippen LogP contribution < -0.4 is 5.32 Å². The summed E-state index contributed by atoms with van der Waals surface area (Å²) in [6.07, 6.45) is 1.89. The van der Waals surface area contributed by atoms with Crippen molar-refractivity contribution in [1.29, 1.82) is 0 Å². The van der Waals surface area contributed by atoms with E-state index in [2.05, 4.69) is 12.2 Å². The molecule has 1 amide bonds. The lowest BCUT2D eigenvalue weighted by Gasteiger charge is -2.11. The first-order valence-electron chi connectivity index (χ1n) is 6.49. The highest BCUT2D eigenvalue weighted by Gasteiger charge is 2.13. The van der Waals surface area contributed by atoms with E-state index < -0.39 is 0 Å². The summed E-state index contributed by atoms with van der Waals surface area (Å²) < 4.78 is 0. The van der Waals surface area contributed by atoms with Crippen LogP contribution in [0.5, 0.6) is 5.75 Å². The molecule has 0 aromatic heterocycles. The third-order valence-electron chi connectivity index (χ3n) is 2.98. The molecule has 2 rings (SSSR count). The molecule has 0 aliphatic carbocycles. The number of hydrogen-bond donors (Lipinski definition) is 2. The molecule has 0 aliphatic heterocycles. The molecule has 0 fully saturated rings. The number of hydrogen-bond acceptors (Lipinski definition) is 2. The van der Waals surface area contributed by atoms with Crippen LogP contribution in [0.4, 0.5) is 5.69 Å². The number of para-hydroxylation sites is 1. The van der Waals surface area contributed by atoms with E-state index in [1.54, 1.807) is 0 Å². The predicted octanol–water partition coefficient (Wildman–Crippen LogP) is 4.25. The second kappa shape index (κ2) is 6.44. The van der Waals surface area contributed by atoms with E-state index in [1.807, 2.05) is 24.3 Å². The monoisotopic (exact) mass is 289 g/mol. The van der Waals surface area contributed by atoms with Crippen LogP contribution in [0, 0.1) is 0 Å². The topological polar surface area (TPSA) is 49.3 Å². The molecule has 0 atom stereocenters. The number of phenolic OH excluding ortho intramolecular Hbond substituents is 1. The van der Waals surface area contributed by atoms with E-state index in [0.29, 0.717) is 5.02 Å². The highest BCUT2D eigenvalue weighted by molar-refractivity contribution is 6.34. The molecular formula is C16H16ClNO2. The smallest absolute Gasteiger partial charge is 0.257 e. The normalized spacial score (nSPS) is 10.3. The third kappa shape index (κ3) is 3.31. The summed E-state index contributed by atoms with van der Waals surface area (Å²) in [4.78, 5) is 12.2. The fourth-order valence-corrected chi connectivity index (χ4v) is 2.21. The standard InChI is InChI=1S/C16H16ClNO2/c1-2-5-11-6-3-4-7-15(11)18-16(20)13-10-12(19)8-9-14(13)17/h3-4,6-10,19H,2,5H2,1H3,(H,18,20). The van der Waals surface area contributed by atoms with Crippen molar-refractivity contribution in [3.05, 3.63) is 58.6 Å². The maximum atomic E-state index is 12.2. The Hall–Kier alpha value is -2.00. The Morgan fingerprint density at radius 2 is 2.00 bits per heavy atom. The van der Waals surface area contributed by atoms with Gasteiger partial charge in [0.2, 0.25) is 0 Å². The Balaban J connectivity index is 2.26. The number of carbonyl (C=O) groups is 1. The Morgan fingerprint density at radius 1 is 1.25 bits per heavy atom. The zero-order valence-electron chi connectivity index (χ0n) is 11.2. The molecule has 3 nitrogen and oxygen atoms in total. The van der Waals surface area contributed by atoms with E-state index in [1.165, 1.54) is 18.2 Å². The number of aryl methyl sites for hydroxylation is 1. The number of benzene rings is 2. The molecular weight excluding hydrogens is 274 g/mol. The van der Waals surface area contributed by atoms with Crippen LogP contribution in [0.15, 0.2) is 42.5 Å². The minimum absolute atomic E-state index is 0.0152. The molecule has 0 radical (unpaired) electrons. The van der Waals surface area contributed by atoms with Crippen LogP contribution in [-0.2, 0) is 6.42 Å². The quantitative estimate of drug-likeness (QED) is 0.884. The molecule has 20 heavy (non-hydrogen) atoms. The lowest BCUT2D eigenvalue weighted by molar-refractivity contribution is 0.102. The molecule has 2 aromatic rings. The van der Waals surface area contributed by atoms with E-state index in [4.69, 9.17) is 11.6 Å². The van der Waals surface area contributed by atoms with Crippen LogP contribution in [0.1, 0.15) is 29.3 Å². The van der Waals surface area contributed by atoms with Gasteiger partial charge in [-0.25, -0.2) is 0 Å². The number of nitrogens with one attached hydrogen (secondary N) is 1. The molecule has 0 saturated heterocycles. The minimum atomic E-state index is -0.325. The summed E-state index contributed by atoms with van der Waals surface area (Å²) >= 11 is 5.99. The maximum absolute atomic E-state index is 12.2. The summed E-state index contributed by atoms with van der Waals surface area (Å²) in [5, 5.41) is 12.6. The summed E-state index contributed by atoms with van der Waals surface area (Å²) in [5.41, 5.74) is 2.12. The van der Waals surface area contributed by atoms with Gasteiger partial charge in [0.25, 0.3) is 5.91 Å². The zero-order valence-corrected chi connectivity index (χ0v) is 11.9. The highest BCUT2D eigenvalue weighted by atomic mass is 35.5. The second-order valence-corrected chi connectivity index (χ2v) is 4.93. The number of anilines is 1. The van der Waals surface area contributed by atoms with Gasteiger partial charge in [-0.2, -0.15) is 0 Å². The lowest BCUT2D eigenvalue weighted by atomic mass is 10.1.